The topological polar surface area (TPSA) is 176 Å². The van der Waals surface area contributed by atoms with E-state index in [9.17, 15) is 28.2 Å². The second-order valence-electron chi connectivity index (χ2n) is 7.53. The average Bonchev–Trinajstić information content (AvgIpc) is 2.73. The van der Waals surface area contributed by atoms with E-state index >= 15 is 0 Å². The van der Waals surface area contributed by atoms with Gasteiger partial charge in [-0.25, -0.2) is 22.9 Å². The lowest BCUT2D eigenvalue weighted by molar-refractivity contribution is 0.0712. The molecule has 1 aliphatic rings. The van der Waals surface area contributed by atoms with E-state index in [0.717, 1.165) is 16.9 Å². The Labute approximate surface area is 201 Å². The van der Waals surface area contributed by atoms with Crippen LogP contribution in [0.15, 0.2) is 38.9 Å². The number of aromatic amines is 1. The van der Waals surface area contributed by atoms with E-state index in [1.165, 1.54) is 19.1 Å². The first-order valence-electron chi connectivity index (χ1n) is 9.71. The maximum atomic E-state index is 12.6. The fourth-order valence-corrected chi connectivity index (χ4v) is 5.07. The Hall–Kier alpha value is -2.97. The number of nitrogens with zero attached hydrogens (tertiary/aromatic N) is 3. The average molecular weight is 530 g/mol. The van der Waals surface area contributed by atoms with Crippen LogP contribution in [0.25, 0.3) is 5.69 Å². The Balaban J connectivity index is 1.65. The van der Waals surface area contributed by atoms with Gasteiger partial charge in [0.2, 0.25) is 15.9 Å². The molecule has 1 saturated carbocycles. The highest BCUT2D eigenvalue weighted by Gasteiger charge is 2.32. The molecular weight excluding hydrogens is 513 g/mol. The van der Waals surface area contributed by atoms with E-state index < -0.39 is 44.1 Å². The summed E-state index contributed by atoms with van der Waals surface area (Å²) in [5.74, 6) is -0.942. The van der Waals surface area contributed by atoms with Gasteiger partial charge in [0.25, 0.3) is 5.56 Å². The molecule has 2 aromatic heterocycles. The lowest BCUT2D eigenvalue weighted by atomic mass is 9.91. The van der Waals surface area contributed by atoms with Crippen molar-refractivity contribution in [3.05, 3.63) is 61.0 Å². The zero-order valence-electron chi connectivity index (χ0n) is 17.3. The number of aromatic nitrogens is 4. The molecule has 34 heavy (non-hydrogen) atoms. The number of sulfonamides is 1. The van der Waals surface area contributed by atoms with Crippen LogP contribution in [0.4, 0.5) is 0 Å². The van der Waals surface area contributed by atoms with E-state index in [4.69, 9.17) is 27.9 Å². The summed E-state index contributed by atoms with van der Waals surface area (Å²) in [4.78, 5) is 29.1. The smallest absolute Gasteiger partial charge is 0.349 e. The molecule has 0 atom stereocenters. The van der Waals surface area contributed by atoms with E-state index in [0.29, 0.717) is 0 Å². The zero-order chi connectivity index (χ0) is 24.8. The predicted molar refractivity (Wildman–Crippen MR) is 121 cm³/mol. The van der Waals surface area contributed by atoms with Crippen LogP contribution in [0.5, 0.6) is 17.4 Å². The summed E-state index contributed by atoms with van der Waals surface area (Å²) < 4.78 is 34.1. The minimum absolute atomic E-state index is 0.0409. The maximum absolute atomic E-state index is 12.6. The quantitative estimate of drug-likeness (QED) is 0.365. The fourth-order valence-electron chi connectivity index (χ4n) is 3.18. The largest absolute Gasteiger partial charge is 0.505 e. The molecule has 4 rings (SSSR count). The second kappa shape index (κ2) is 9.00. The van der Waals surface area contributed by atoms with Gasteiger partial charge in [-0.3, -0.25) is 9.78 Å². The zero-order valence-corrected chi connectivity index (χ0v) is 19.6. The number of aliphatic hydroxyl groups is 1. The van der Waals surface area contributed by atoms with Gasteiger partial charge in [-0.15, -0.1) is 0 Å². The molecule has 0 radical (unpaired) electrons. The van der Waals surface area contributed by atoms with Crippen molar-refractivity contribution in [2.45, 2.75) is 36.8 Å². The number of halogens is 2. The molecule has 15 heteroatoms. The molecule has 180 valence electrons. The number of aryl methyl sites for hydroxylation is 1. The molecule has 0 unspecified atom stereocenters. The van der Waals surface area contributed by atoms with Crippen LogP contribution in [-0.2, 0) is 10.0 Å². The summed E-state index contributed by atoms with van der Waals surface area (Å²) in [6, 6.07) is 3.14. The molecule has 0 spiro atoms. The first kappa shape index (κ1) is 24.2. The van der Waals surface area contributed by atoms with Gasteiger partial charge in [0.1, 0.15) is 10.6 Å². The number of aliphatic hydroxyl groups excluding tert-OH is 1. The minimum atomic E-state index is -4.14. The SMILES string of the molecule is Cc1nn(-c2cc(Cl)c(Oc3cc(S(=O)(=O)N[C@H]4C[C@@H](O)C4)c(O)cn3)c(Cl)c2)c(=O)[nH]c1=O. The fraction of sp³-hybridized carbons (Fsp3) is 0.263. The van der Waals surface area contributed by atoms with Crippen molar-refractivity contribution in [2.75, 3.05) is 0 Å². The number of hydrogen-bond acceptors (Lipinski definition) is 9. The van der Waals surface area contributed by atoms with Crippen LogP contribution >= 0.6 is 23.2 Å². The van der Waals surface area contributed by atoms with Crippen molar-refractivity contribution >= 4 is 33.2 Å². The molecule has 1 aromatic carbocycles. The third kappa shape index (κ3) is 4.79. The standard InChI is InChI=1S/C19H17Cl2N5O7S/c1-8-18(29)23-19(30)26(24-8)10-4-12(20)17(13(21)5-10)33-16-6-15(14(28)7-22-16)34(31,32)25-9-2-11(27)3-9/h4-7,9,11,25,27-28H,2-3H2,1H3,(H,23,29,30)/t9-,11+. The van der Waals surface area contributed by atoms with Gasteiger partial charge in [-0.1, -0.05) is 23.2 Å². The van der Waals surface area contributed by atoms with Crippen LogP contribution in [0, 0.1) is 6.92 Å². The molecule has 0 amide bonds. The third-order valence-electron chi connectivity index (χ3n) is 4.97. The Morgan fingerprint density at radius 2 is 1.85 bits per heavy atom. The molecule has 1 fully saturated rings. The van der Waals surface area contributed by atoms with Crippen molar-refractivity contribution in [1.82, 2.24) is 24.5 Å². The van der Waals surface area contributed by atoms with Gasteiger partial charge in [0.05, 0.1) is 28.0 Å². The van der Waals surface area contributed by atoms with Crippen molar-refractivity contribution < 1.29 is 23.4 Å². The van der Waals surface area contributed by atoms with Crippen LogP contribution in [0.2, 0.25) is 10.0 Å². The molecule has 12 nitrogen and oxygen atoms in total. The number of ether oxygens (including phenoxy) is 1. The second-order valence-corrected chi connectivity index (χ2v) is 10.0. The number of aromatic hydroxyl groups is 1. The number of nitrogens with one attached hydrogen (secondary N) is 2. The highest BCUT2D eigenvalue weighted by molar-refractivity contribution is 7.89. The lowest BCUT2D eigenvalue weighted by Crippen LogP contribution is -2.46. The number of hydrogen-bond donors (Lipinski definition) is 4. The summed E-state index contributed by atoms with van der Waals surface area (Å²) in [6.45, 7) is 1.42. The van der Waals surface area contributed by atoms with Crippen molar-refractivity contribution in [3.8, 4) is 23.1 Å². The van der Waals surface area contributed by atoms with Crippen LogP contribution < -0.4 is 20.7 Å². The molecule has 0 saturated heterocycles. The van der Waals surface area contributed by atoms with Gasteiger partial charge in [-0.2, -0.15) is 9.78 Å². The Morgan fingerprint density at radius 3 is 2.47 bits per heavy atom. The Morgan fingerprint density at radius 1 is 1.21 bits per heavy atom. The highest BCUT2D eigenvalue weighted by atomic mass is 35.5. The summed E-state index contributed by atoms with van der Waals surface area (Å²) >= 11 is 12.5. The maximum Gasteiger partial charge on any atom is 0.349 e. The Kier molecular flexibility index (Phi) is 6.40. The van der Waals surface area contributed by atoms with Crippen LogP contribution in [-0.4, -0.2) is 50.5 Å². The van der Waals surface area contributed by atoms with E-state index in [1.807, 2.05) is 0 Å². The van der Waals surface area contributed by atoms with Gasteiger partial charge in [0, 0.05) is 12.1 Å². The van der Waals surface area contributed by atoms with Crippen molar-refractivity contribution in [3.63, 3.8) is 0 Å². The number of benzene rings is 1. The third-order valence-corrected chi connectivity index (χ3v) is 7.08. The summed E-state index contributed by atoms with van der Waals surface area (Å²) in [6.07, 6.45) is 0.843. The summed E-state index contributed by atoms with van der Waals surface area (Å²) in [7, 11) is -4.14. The lowest BCUT2D eigenvalue weighted by Gasteiger charge is -2.31. The monoisotopic (exact) mass is 529 g/mol. The molecule has 0 aliphatic heterocycles. The van der Waals surface area contributed by atoms with Crippen LogP contribution in [0.3, 0.4) is 0 Å². The molecule has 3 aromatic rings. The first-order chi connectivity index (χ1) is 15.9. The number of rotatable bonds is 6. The molecule has 1 aliphatic carbocycles. The van der Waals surface area contributed by atoms with Gasteiger partial charge in [0.15, 0.2) is 11.5 Å². The number of H-pyrrole nitrogens is 1. The molecular formula is C19H17Cl2N5O7S. The predicted octanol–water partition coefficient (Wildman–Crippen LogP) is 1.23. The summed E-state index contributed by atoms with van der Waals surface area (Å²) in [5.41, 5.74) is -1.26. The van der Waals surface area contributed by atoms with Crippen LogP contribution in [0.1, 0.15) is 18.5 Å². The summed E-state index contributed by atoms with van der Waals surface area (Å²) in [5, 5.41) is 23.1. The van der Waals surface area contributed by atoms with E-state index in [1.54, 1.807) is 0 Å². The van der Waals surface area contributed by atoms with Gasteiger partial charge in [-0.05, 0) is 31.9 Å². The normalized spacial score (nSPS) is 17.9. The first-order valence-corrected chi connectivity index (χ1v) is 12.0. The van der Waals surface area contributed by atoms with E-state index in [2.05, 4.69) is 19.8 Å². The van der Waals surface area contributed by atoms with Gasteiger partial charge >= 0.3 is 5.69 Å². The molecule has 4 N–H and O–H groups in total. The molecule has 0 bridgehead atoms. The highest BCUT2D eigenvalue weighted by Crippen LogP contribution is 2.38. The number of pyridine rings is 1. The van der Waals surface area contributed by atoms with Gasteiger partial charge < -0.3 is 14.9 Å². The van der Waals surface area contributed by atoms with Crippen molar-refractivity contribution in [2.24, 2.45) is 0 Å². The van der Waals surface area contributed by atoms with E-state index in [-0.39, 0.29) is 45.9 Å². The van der Waals surface area contributed by atoms with Crippen molar-refractivity contribution in [1.29, 1.82) is 0 Å². The Bertz CT molecular complexity index is 1480. The minimum Gasteiger partial charge on any atom is -0.505 e. The molecule has 2 heterocycles.